The second-order valence-electron chi connectivity index (χ2n) is 6.46. The number of methoxy groups -OCH3 is 1. The van der Waals surface area contributed by atoms with Gasteiger partial charge in [0.2, 0.25) is 0 Å². The number of rotatable bonds is 9. The lowest BCUT2D eigenvalue weighted by Gasteiger charge is -2.14. The van der Waals surface area contributed by atoms with E-state index in [2.05, 4.69) is 22.4 Å². The Kier molecular flexibility index (Phi) is 7.99. The van der Waals surface area contributed by atoms with Crippen LogP contribution in [0.1, 0.15) is 22.3 Å². The molecule has 2 amide bonds. The standard InChI is InChI=1S/C22H25N3O5/c1-5-7-17-10-16(11-19(29-4)21(17)30-13-20(26)27)12-23-25-22(28)24-18-9-6-8-14(2)15(18)3/h5-6,8-12H,1,7,13H2,2-4H3,(H,26,27)(H2,24,25,28)/b23-12+. The number of nitrogens with one attached hydrogen (secondary N) is 2. The summed E-state index contributed by atoms with van der Waals surface area (Å²) in [5.74, 6) is -0.402. The highest BCUT2D eigenvalue weighted by Crippen LogP contribution is 2.33. The van der Waals surface area contributed by atoms with Gasteiger partial charge in [-0.25, -0.2) is 15.0 Å². The Hall–Kier alpha value is -3.81. The van der Waals surface area contributed by atoms with E-state index in [1.807, 2.05) is 32.0 Å². The number of urea groups is 1. The molecule has 8 heteroatoms. The van der Waals surface area contributed by atoms with Crippen molar-refractivity contribution in [2.75, 3.05) is 19.0 Å². The van der Waals surface area contributed by atoms with Crippen LogP contribution in [-0.4, -0.2) is 37.0 Å². The van der Waals surface area contributed by atoms with Crippen LogP contribution >= 0.6 is 0 Å². The van der Waals surface area contributed by atoms with Crippen LogP contribution in [0, 0.1) is 13.8 Å². The molecule has 0 fully saturated rings. The van der Waals surface area contributed by atoms with Gasteiger partial charge in [0.1, 0.15) is 0 Å². The molecule has 158 valence electrons. The highest BCUT2D eigenvalue weighted by atomic mass is 16.5. The number of hydrazone groups is 1. The summed E-state index contributed by atoms with van der Waals surface area (Å²) in [6.07, 6.45) is 3.56. The molecule has 0 spiro atoms. The number of allylic oxidation sites excluding steroid dienone is 1. The van der Waals surface area contributed by atoms with Crippen molar-refractivity contribution in [3.63, 3.8) is 0 Å². The number of carboxylic acids is 1. The predicted octanol–water partition coefficient (Wildman–Crippen LogP) is 3.66. The third-order valence-corrected chi connectivity index (χ3v) is 4.31. The second kappa shape index (κ2) is 10.7. The Morgan fingerprint density at radius 2 is 2.03 bits per heavy atom. The number of carbonyl (C=O) groups is 2. The first-order chi connectivity index (χ1) is 14.3. The zero-order valence-electron chi connectivity index (χ0n) is 17.2. The van der Waals surface area contributed by atoms with Crippen LogP contribution in [0.3, 0.4) is 0 Å². The van der Waals surface area contributed by atoms with Gasteiger partial charge in [0.05, 0.1) is 13.3 Å². The lowest BCUT2D eigenvalue weighted by Crippen LogP contribution is -2.24. The molecule has 0 saturated carbocycles. The van der Waals surface area contributed by atoms with Crippen LogP contribution in [0.25, 0.3) is 0 Å². The van der Waals surface area contributed by atoms with E-state index >= 15 is 0 Å². The minimum atomic E-state index is -1.09. The van der Waals surface area contributed by atoms with Gasteiger partial charge < -0.3 is 19.9 Å². The van der Waals surface area contributed by atoms with Gasteiger partial charge in [-0.2, -0.15) is 5.10 Å². The van der Waals surface area contributed by atoms with Crippen molar-refractivity contribution in [1.29, 1.82) is 0 Å². The number of carboxylic acid groups (broad SMARTS) is 1. The van der Waals surface area contributed by atoms with Crippen LogP contribution < -0.4 is 20.2 Å². The van der Waals surface area contributed by atoms with Crippen molar-refractivity contribution in [2.45, 2.75) is 20.3 Å². The summed E-state index contributed by atoms with van der Waals surface area (Å²) in [6, 6.07) is 8.57. The minimum Gasteiger partial charge on any atom is -0.493 e. The van der Waals surface area contributed by atoms with Crippen LogP contribution in [0.4, 0.5) is 10.5 Å². The molecule has 0 aliphatic rings. The fourth-order valence-electron chi connectivity index (χ4n) is 2.72. The molecule has 0 saturated heterocycles. The van der Waals surface area contributed by atoms with Gasteiger partial charge in [-0.15, -0.1) is 6.58 Å². The second-order valence-corrected chi connectivity index (χ2v) is 6.46. The van der Waals surface area contributed by atoms with E-state index in [0.717, 1.165) is 11.1 Å². The summed E-state index contributed by atoms with van der Waals surface area (Å²) in [4.78, 5) is 22.9. The Labute approximate surface area is 175 Å². The van der Waals surface area contributed by atoms with Crippen molar-refractivity contribution < 1.29 is 24.2 Å². The molecule has 2 rings (SSSR count). The van der Waals surface area contributed by atoms with E-state index in [-0.39, 0.29) is 0 Å². The van der Waals surface area contributed by atoms with Crippen molar-refractivity contribution in [2.24, 2.45) is 5.10 Å². The number of amides is 2. The molecule has 0 aromatic heterocycles. The monoisotopic (exact) mass is 411 g/mol. The largest absolute Gasteiger partial charge is 0.493 e. The van der Waals surface area contributed by atoms with E-state index in [9.17, 15) is 9.59 Å². The fraction of sp³-hybridized carbons (Fsp3) is 0.227. The number of aliphatic carboxylic acids is 1. The number of ether oxygens (including phenoxy) is 2. The van der Waals surface area contributed by atoms with Gasteiger partial charge in [-0.3, -0.25) is 0 Å². The molecule has 0 radical (unpaired) electrons. The molecule has 0 heterocycles. The number of aryl methyl sites for hydroxylation is 1. The van der Waals surface area contributed by atoms with E-state index in [1.165, 1.54) is 13.3 Å². The lowest BCUT2D eigenvalue weighted by molar-refractivity contribution is -0.139. The molecule has 0 atom stereocenters. The average Bonchev–Trinajstić information content (AvgIpc) is 2.70. The zero-order chi connectivity index (χ0) is 22.1. The van der Waals surface area contributed by atoms with Crippen molar-refractivity contribution in [1.82, 2.24) is 5.43 Å². The third kappa shape index (κ3) is 6.10. The molecule has 8 nitrogen and oxygen atoms in total. The van der Waals surface area contributed by atoms with Crippen LogP contribution in [0.5, 0.6) is 11.5 Å². The molecule has 0 bridgehead atoms. The first kappa shape index (κ1) is 22.5. The molecule has 0 aliphatic heterocycles. The highest BCUT2D eigenvalue weighted by molar-refractivity contribution is 5.91. The minimum absolute atomic E-state index is 0.331. The average molecular weight is 411 g/mol. The van der Waals surface area contributed by atoms with Gasteiger partial charge in [0, 0.05) is 11.3 Å². The number of carbonyl (C=O) groups excluding carboxylic acids is 1. The van der Waals surface area contributed by atoms with Gasteiger partial charge in [0.25, 0.3) is 0 Å². The fourth-order valence-corrected chi connectivity index (χ4v) is 2.72. The summed E-state index contributed by atoms with van der Waals surface area (Å²) in [6.45, 7) is 7.11. The van der Waals surface area contributed by atoms with E-state index < -0.39 is 18.6 Å². The first-order valence-corrected chi connectivity index (χ1v) is 9.18. The van der Waals surface area contributed by atoms with E-state index in [4.69, 9.17) is 14.6 Å². The smallest absolute Gasteiger partial charge is 0.341 e. The van der Waals surface area contributed by atoms with Crippen LogP contribution in [0.2, 0.25) is 0 Å². The van der Waals surface area contributed by atoms with E-state index in [1.54, 1.807) is 18.2 Å². The summed E-state index contributed by atoms with van der Waals surface area (Å²) in [7, 11) is 1.46. The van der Waals surface area contributed by atoms with Crippen LogP contribution in [-0.2, 0) is 11.2 Å². The van der Waals surface area contributed by atoms with E-state index in [0.29, 0.717) is 34.7 Å². The Morgan fingerprint density at radius 1 is 1.27 bits per heavy atom. The summed E-state index contributed by atoms with van der Waals surface area (Å²) >= 11 is 0. The van der Waals surface area contributed by atoms with Gasteiger partial charge in [0.15, 0.2) is 18.1 Å². The molecular weight excluding hydrogens is 386 g/mol. The topological polar surface area (TPSA) is 109 Å². The number of benzene rings is 2. The summed E-state index contributed by atoms with van der Waals surface area (Å²) in [5, 5.41) is 15.6. The molecule has 3 N–H and O–H groups in total. The van der Waals surface area contributed by atoms with Gasteiger partial charge >= 0.3 is 12.0 Å². The zero-order valence-corrected chi connectivity index (χ0v) is 17.2. The molecule has 30 heavy (non-hydrogen) atoms. The summed E-state index contributed by atoms with van der Waals surface area (Å²) < 4.78 is 10.7. The normalized spacial score (nSPS) is 10.5. The lowest BCUT2D eigenvalue weighted by atomic mass is 10.1. The van der Waals surface area contributed by atoms with Gasteiger partial charge in [-0.1, -0.05) is 18.2 Å². The molecule has 2 aromatic rings. The number of hydrogen-bond acceptors (Lipinski definition) is 5. The SMILES string of the molecule is C=CCc1cc(/C=N/NC(=O)Nc2cccc(C)c2C)cc(OC)c1OCC(=O)O. The van der Waals surface area contributed by atoms with Crippen molar-refractivity contribution in [3.05, 3.63) is 65.2 Å². The maximum absolute atomic E-state index is 12.1. The predicted molar refractivity (Wildman–Crippen MR) is 116 cm³/mol. The molecule has 0 unspecified atom stereocenters. The number of hydrogen-bond donors (Lipinski definition) is 3. The highest BCUT2D eigenvalue weighted by Gasteiger charge is 2.14. The molecule has 0 aliphatic carbocycles. The van der Waals surface area contributed by atoms with Gasteiger partial charge in [-0.05, 0) is 55.2 Å². The van der Waals surface area contributed by atoms with Crippen molar-refractivity contribution in [3.8, 4) is 11.5 Å². The summed E-state index contributed by atoms with van der Waals surface area (Å²) in [5.41, 5.74) is 6.50. The quantitative estimate of drug-likeness (QED) is 0.331. The first-order valence-electron chi connectivity index (χ1n) is 9.18. The Balaban J connectivity index is 2.14. The van der Waals surface area contributed by atoms with Crippen LogP contribution in [0.15, 0.2) is 48.1 Å². The third-order valence-electron chi connectivity index (χ3n) is 4.31. The molecular formula is C22H25N3O5. The maximum atomic E-state index is 12.1. The Bertz CT molecular complexity index is 969. The van der Waals surface area contributed by atoms with Crippen molar-refractivity contribution >= 4 is 23.9 Å². The maximum Gasteiger partial charge on any atom is 0.341 e. The Morgan fingerprint density at radius 3 is 2.70 bits per heavy atom. The molecule has 2 aromatic carbocycles. The number of nitrogens with zero attached hydrogens (tertiary/aromatic N) is 1. The number of anilines is 1.